The summed E-state index contributed by atoms with van der Waals surface area (Å²) in [5.74, 6) is -0.0756. The monoisotopic (exact) mass is 241 g/mol. The quantitative estimate of drug-likeness (QED) is 0.631. The van der Waals surface area contributed by atoms with Gasteiger partial charge in [0.15, 0.2) is 0 Å². The zero-order valence-corrected chi connectivity index (χ0v) is 10.1. The van der Waals surface area contributed by atoms with E-state index >= 15 is 0 Å². The fourth-order valence-corrected chi connectivity index (χ4v) is 2.19. The van der Waals surface area contributed by atoms with Crippen molar-refractivity contribution in [3.8, 4) is 0 Å². The molecule has 0 aliphatic carbocycles. The molecule has 6 nitrogen and oxygen atoms in total. The number of rotatable bonds is 2. The van der Waals surface area contributed by atoms with Crippen LogP contribution in [0, 0.1) is 0 Å². The van der Waals surface area contributed by atoms with Crippen LogP contribution < -0.4 is 10.6 Å². The number of nitrogens with zero attached hydrogens (tertiary/aromatic N) is 1. The van der Waals surface area contributed by atoms with Crippen LogP contribution in [0.25, 0.3) is 0 Å². The first-order valence-corrected chi connectivity index (χ1v) is 6.08. The summed E-state index contributed by atoms with van der Waals surface area (Å²) in [6, 6.07) is -0.368. The van der Waals surface area contributed by atoms with E-state index in [0.717, 1.165) is 6.54 Å². The highest BCUT2D eigenvalue weighted by molar-refractivity contribution is 5.88. The van der Waals surface area contributed by atoms with Crippen LogP contribution >= 0.6 is 0 Å². The molecule has 2 unspecified atom stereocenters. The smallest absolute Gasteiger partial charge is 0.242 e. The topological polar surface area (TPSA) is 70.7 Å². The van der Waals surface area contributed by atoms with Crippen molar-refractivity contribution in [2.24, 2.45) is 0 Å². The van der Waals surface area contributed by atoms with Crippen molar-refractivity contribution in [1.82, 2.24) is 15.5 Å². The van der Waals surface area contributed by atoms with Crippen LogP contribution in [0.15, 0.2) is 0 Å². The van der Waals surface area contributed by atoms with Gasteiger partial charge >= 0.3 is 0 Å². The summed E-state index contributed by atoms with van der Waals surface area (Å²) in [6.07, 6.45) is 0.290. The third-order valence-corrected chi connectivity index (χ3v) is 3.23. The van der Waals surface area contributed by atoms with E-state index in [1.807, 2.05) is 0 Å². The zero-order valence-electron chi connectivity index (χ0n) is 10.1. The lowest BCUT2D eigenvalue weighted by atomic mass is 10.1. The molecule has 2 fully saturated rings. The number of amides is 2. The second-order valence-electron chi connectivity index (χ2n) is 4.46. The Morgan fingerprint density at radius 3 is 3.06 bits per heavy atom. The lowest BCUT2D eigenvalue weighted by Crippen LogP contribution is -2.56. The van der Waals surface area contributed by atoms with Crippen molar-refractivity contribution in [3.05, 3.63) is 0 Å². The van der Waals surface area contributed by atoms with Crippen LogP contribution in [0.5, 0.6) is 0 Å². The van der Waals surface area contributed by atoms with E-state index in [0.29, 0.717) is 32.7 Å². The first kappa shape index (κ1) is 12.3. The average molecular weight is 241 g/mol. The molecule has 0 bridgehead atoms. The van der Waals surface area contributed by atoms with Crippen molar-refractivity contribution in [3.63, 3.8) is 0 Å². The number of morpholine rings is 1. The van der Waals surface area contributed by atoms with Gasteiger partial charge in [0.2, 0.25) is 11.8 Å². The standard InChI is InChI=1S/C11H19N3O3/c1-8-11(16)13-2-4-14(8)10(15)6-9-7-12-3-5-17-9/h8-9,12H,2-7H2,1H3,(H,13,16). The first-order valence-electron chi connectivity index (χ1n) is 6.08. The van der Waals surface area contributed by atoms with Crippen molar-refractivity contribution in [2.75, 3.05) is 32.8 Å². The number of hydrogen-bond acceptors (Lipinski definition) is 4. The lowest BCUT2D eigenvalue weighted by molar-refractivity contribution is -0.144. The summed E-state index contributed by atoms with van der Waals surface area (Å²) in [5.41, 5.74) is 0. The van der Waals surface area contributed by atoms with Crippen LogP contribution in [-0.4, -0.2) is 61.6 Å². The highest BCUT2D eigenvalue weighted by Crippen LogP contribution is 2.10. The third kappa shape index (κ3) is 2.95. The molecular weight excluding hydrogens is 222 g/mol. The highest BCUT2D eigenvalue weighted by atomic mass is 16.5. The summed E-state index contributed by atoms with van der Waals surface area (Å²) >= 11 is 0. The van der Waals surface area contributed by atoms with Crippen LogP contribution in [-0.2, 0) is 14.3 Å². The molecule has 96 valence electrons. The summed E-state index contributed by atoms with van der Waals surface area (Å²) in [5, 5.41) is 5.93. The Morgan fingerprint density at radius 2 is 2.35 bits per heavy atom. The van der Waals surface area contributed by atoms with E-state index in [2.05, 4.69) is 10.6 Å². The molecule has 0 saturated carbocycles. The van der Waals surface area contributed by atoms with Gasteiger partial charge in [-0.15, -0.1) is 0 Å². The molecule has 2 atom stereocenters. The van der Waals surface area contributed by atoms with Crippen LogP contribution in [0.1, 0.15) is 13.3 Å². The minimum absolute atomic E-state index is 0.000972. The highest BCUT2D eigenvalue weighted by Gasteiger charge is 2.30. The van der Waals surface area contributed by atoms with Gasteiger partial charge in [-0.05, 0) is 6.92 Å². The van der Waals surface area contributed by atoms with Gasteiger partial charge < -0.3 is 20.3 Å². The van der Waals surface area contributed by atoms with Crippen molar-refractivity contribution in [2.45, 2.75) is 25.5 Å². The minimum Gasteiger partial charge on any atom is -0.375 e. The Morgan fingerprint density at radius 1 is 1.53 bits per heavy atom. The number of carbonyl (C=O) groups excluding carboxylic acids is 2. The third-order valence-electron chi connectivity index (χ3n) is 3.23. The van der Waals surface area contributed by atoms with Crippen LogP contribution in [0.4, 0.5) is 0 Å². The van der Waals surface area contributed by atoms with Gasteiger partial charge in [-0.3, -0.25) is 9.59 Å². The van der Waals surface area contributed by atoms with E-state index in [9.17, 15) is 9.59 Å². The second-order valence-corrected chi connectivity index (χ2v) is 4.46. The van der Waals surface area contributed by atoms with Crippen molar-refractivity contribution in [1.29, 1.82) is 0 Å². The summed E-state index contributed by atoms with van der Waals surface area (Å²) in [4.78, 5) is 25.1. The number of hydrogen-bond donors (Lipinski definition) is 2. The van der Waals surface area contributed by atoms with E-state index < -0.39 is 0 Å². The molecule has 0 radical (unpaired) electrons. The molecule has 6 heteroatoms. The van der Waals surface area contributed by atoms with Gasteiger partial charge in [0, 0.05) is 26.2 Å². The van der Waals surface area contributed by atoms with E-state index in [1.54, 1.807) is 11.8 Å². The summed E-state index contributed by atoms with van der Waals surface area (Å²) in [7, 11) is 0. The SMILES string of the molecule is CC1C(=O)NCCN1C(=O)CC1CNCCO1. The van der Waals surface area contributed by atoms with Crippen molar-refractivity contribution < 1.29 is 14.3 Å². The maximum atomic E-state index is 12.1. The molecule has 2 amide bonds. The zero-order chi connectivity index (χ0) is 12.3. The Balaban J connectivity index is 1.87. The molecule has 2 saturated heterocycles. The average Bonchev–Trinajstić information content (AvgIpc) is 2.34. The molecule has 0 spiro atoms. The number of piperazine rings is 1. The maximum Gasteiger partial charge on any atom is 0.242 e. The van der Waals surface area contributed by atoms with Gasteiger partial charge in [0.25, 0.3) is 0 Å². The van der Waals surface area contributed by atoms with Gasteiger partial charge in [0.05, 0.1) is 19.1 Å². The maximum absolute atomic E-state index is 12.1. The first-order chi connectivity index (χ1) is 8.18. The van der Waals surface area contributed by atoms with Gasteiger partial charge in [-0.25, -0.2) is 0 Å². The Bertz CT molecular complexity index is 302. The molecule has 2 aliphatic heterocycles. The summed E-state index contributed by atoms with van der Waals surface area (Å²) < 4.78 is 5.49. The minimum atomic E-state index is -0.368. The molecule has 0 aromatic heterocycles. The van der Waals surface area contributed by atoms with Crippen LogP contribution in [0.2, 0.25) is 0 Å². The van der Waals surface area contributed by atoms with E-state index in [4.69, 9.17) is 4.74 Å². The molecule has 2 aliphatic rings. The molecule has 17 heavy (non-hydrogen) atoms. The predicted octanol–water partition coefficient (Wildman–Crippen LogP) is -1.29. The molecule has 2 rings (SSSR count). The van der Waals surface area contributed by atoms with Gasteiger partial charge in [0.1, 0.15) is 6.04 Å². The Kier molecular flexibility index (Phi) is 3.96. The molecule has 2 heterocycles. The Hall–Kier alpha value is -1.14. The number of carbonyl (C=O) groups is 2. The largest absolute Gasteiger partial charge is 0.375 e. The molecule has 0 aromatic carbocycles. The van der Waals surface area contributed by atoms with E-state index in [-0.39, 0.29) is 24.0 Å². The molecule has 0 aromatic rings. The lowest BCUT2D eigenvalue weighted by Gasteiger charge is -2.34. The molecule has 2 N–H and O–H groups in total. The number of ether oxygens (including phenoxy) is 1. The Labute approximate surface area is 101 Å². The van der Waals surface area contributed by atoms with Crippen molar-refractivity contribution >= 4 is 11.8 Å². The van der Waals surface area contributed by atoms with Crippen LogP contribution in [0.3, 0.4) is 0 Å². The summed E-state index contributed by atoms with van der Waals surface area (Å²) in [6.45, 7) is 5.08. The van der Waals surface area contributed by atoms with Gasteiger partial charge in [-0.1, -0.05) is 0 Å². The van der Waals surface area contributed by atoms with E-state index in [1.165, 1.54) is 0 Å². The molecular formula is C11H19N3O3. The predicted molar refractivity (Wildman–Crippen MR) is 61.4 cm³/mol. The normalized spacial score (nSPS) is 29.9. The number of nitrogens with one attached hydrogen (secondary N) is 2. The fourth-order valence-electron chi connectivity index (χ4n) is 2.19. The van der Waals surface area contributed by atoms with Gasteiger partial charge in [-0.2, -0.15) is 0 Å². The second kappa shape index (κ2) is 5.46. The fraction of sp³-hybridized carbons (Fsp3) is 0.818.